The summed E-state index contributed by atoms with van der Waals surface area (Å²) in [4.78, 5) is 12.1. The van der Waals surface area contributed by atoms with E-state index in [0.29, 0.717) is 5.56 Å². The third-order valence-corrected chi connectivity index (χ3v) is 3.19. The van der Waals surface area contributed by atoms with Gasteiger partial charge in [-0.15, -0.1) is 0 Å². The Morgan fingerprint density at radius 1 is 0.810 bits per heavy atom. The first-order valence-corrected chi connectivity index (χ1v) is 6.39. The lowest BCUT2D eigenvalue weighted by Crippen LogP contribution is -2.12. The zero-order valence-electron chi connectivity index (χ0n) is 10.9. The molecule has 3 rings (SSSR count). The molecular formula is C17H11F2NO. The van der Waals surface area contributed by atoms with Crippen LogP contribution in [0.4, 0.5) is 14.5 Å². The summed E-state index contributed by atoms with van der Waals surface area (Å²) >= 11 is 0. The van der Waals surface area contributed by atoms with Gasteiger partial charge in [-0.3, -0.25) is 4.79 Å². The highest BCUT2D eigenvalue weighted by Gasteiger charge is 2.09. The first-order valence-electron chi connectivity index (χ1n) is 6.39. The molecule has 0 aliphatic carbocycles. The fourth-order valence-electron chi connectivity index (χ4n) is 2.11. The topological polar surface area (TPSA) is 29.1 Å². The van der Waals surface area contributed by atoms with Crippen molar-refractivity contribution in [2.45, 2.75) is 0 Å². The maximum Gasteiger partial charge on any atom is 0.255 e. The fraction of sp³-hybridized carbons (Fsp3) is 0. The van der Waals surface area contributed by atoms with E-state index in [4.69, 9.17) is 0 Å². The average molecular weight is 283 g/mol. The van der Waals surface area contributed by atoms with Crippen LogP contribution >= 0.6 is 0 Å². The third kappa shape index (κ3) is 2.74. The molecule has 3 aromatic carbocycles. The van der Waals surface area contributed by atoms with E-state index >= 15 is 0 Å². The third-order valence-electron chi connectivity index (χ3n) is 3.19. The van der Waals surface area contributed by atoms with Gasteiger partial charge in [-0.1, -0.05) is 30.3 Å². The van der Waals surface area contributed by atoms with E-state index in [2.05, 4.69) is 5.32 Å². The summed E-state index contributed by atoms with van der Waals surface area (Å²) < 4.78 is 26.0. The number of fused-ring (bicyclic) bond motifs is 1. The second-order valence-electron chi connectivity index (χ2n) is 4.64. The van der Waals surface area contributed by atoms with Crippen LogP contribution in [0.2, 0.25) is 0 Å². The molecule has 0 saturated carbocycles. The van der Waals surface area contributed by atoms with E-state index in [1.54, 1.807) is 12.1 Å². The van der Waals surface area contributed by atoms with Gasteiger partial charge in [0.1, 0.15) is 0 Å². The van der Waals surface area contributed by atoms with Crippen LogP contribution in [0.5, 0.6) is 0 Å². The summed E-state index contributed by atoms with van der Waals surface area (Å²) in [6, 6.07) is 16.2. The van der Waals surface area contributed by atoms with E-state index in [1.807, 2.05) is 30.3 Å². The molecule has 0 atom stereocenters. The van der Waals surface area contributed by atoms with Crippen molar-refractivity contribution in [3.05, 3.63) is 77.9 Å². The lowest BCUT2D eigenvalue weighted by atomic mass is 10.1. The van der Waals surface area contributed by atoms with Crippen molar-refractivity contribution in [1.82, 2.24) is 0 Å². The van der Waals surface area contributed by atoms with Gasteiger partial charge in [0, 0.05) is 17.3 Å². The van der Waals surface area contributed by atoms with Crippen molar-refractivity contribution >= 4 is 22.4 Å². The number of nitrogens with one attached hydrogen (secondary N) is 1. The standard InChI is InChI=1S/C17H11F2NO/c18-15-8-7-14(10-16(15)19)20-17(21)13-6-5-11-3-1-2-4-12(11)9-13/h1-10H,(H,20,21). The number of carbonyl (C=O) groups is 1. The van der Waals surface area contributed by atoms with Crippen LogP contribution < -0.4 is 5.32 Å². The largest absolute Gasteiger partial charge is 0.322 e. The number of hydrogen-bond acceptors (Lipinski definition) is 1. The molecule has 0 saturated heterocycles. The zero-order chi connectivity index (χ0) is 14.8. The Morgan fingerprint density at radius 2 is 1.57 bits per heavy atom. The summed E-state index contributed by atoms with van der Waals surface area (Å²) in [5.41, 5.74) is 0.672. The van der Waals surface area contributed by atoms with Crippen LogP contribution in [0.15, 0.2) is 60.7 Å². The molecule has 0 aromatic heterocycles. The number of hydrogen-bond donors (Lipinski definition) is 1. The minimum absolute atomic E-state index is 0.215. The van der Waals surface area contributed by atoms with Crippen LogP contribution in [0.3, 0.4) is 0 Å². The van der Waals surface area contributed by atoms with Crippen molar-refractivity contribution in [2.75, 3.05) is 5.32 Å². The van der Waals surface area contributed by atoms with Crippen LogP contribution in [0.25, 0.3) is 10.8 Å². The number of carbonyl (C=O) groups excluding carboxylic acids is 1. The molecule has 2 nitrogen and oxygen atoms in total. The Kier molecular flexibility index (Phi) is 3.36. The van der Waals surface area contributed by atoms with Crippen molar-refractivity contribution in [1.29, 1.82) is 0 Å². The molecule has 0 aliphatic rings. The van der Waals surface area contributed by atoms with Gasteiger partial charge in [0.15, 0.2) is 11.6 Å². The van der Waals surface area contributed by atoms with Crippen LogP contribution in [-0.4, -0.2) is 5.91 Å². The molecule has 0 aliphatic heterocycles. The Hall–Kier alpha value is -2.75. The highest BCUT2D eigenvalue weighted by Crippen LogP contribution is 2.18. The summed E-state index contributed by atoms with van der Waals surface area (Å²) in [5, 5.41) is 4.52. The predicted octanol–water partition coefficient (Wildman–Crippen LogP) is 4.37. The van der Waals surface area contributed by atoms with Gasteiger partial charge in [-0.25, -0.2) is 8.78 Å². The fourth-order valence-corrected chi connectivity index (χ4v) is 2.11. The summed E-state index contributed by atoms with van der Waals surface area (Å²) in [7, 11) is 0. The first kappa shape index (κ1) is 13.2. The molecule has 0 radical (unpaired) electrons. The maximum absolute atomic E-state index is 13.1. The van der Waals surface area contributed by atoms with Gasteiger partial charge in [-0.2, -0.15) is 0 Å². The summed E-state index contributed by atoms with van der Waals surface area (Å²) in [5.74, 6) is -2.31. The van der Waals surface area contributed by atoms with Crippen molar-refractivity contribution in [2.24, 2.45) is 0 Å². The monoisotopic (exact) mass is 283 g/mol. The van der Waals surface area contributed by atoms with E-state index in [1.165, 1.54) is 6.07 Å². The van der Waals surface area contributed by atoms with E-state index in [-0.39, 0.29) is 11.6 Å². The molecule has 1 N–H and O–H groups in total. The summed E-state index contributed by atoms with van der Waals surface area (Å²) in [6.07, 6.45) is 0. The number of rotatable bonds is 2. The zero-order valence-corrected chi connectivity index (χ0v) is 10.9. The second kappa shape index (κ2) is 5.32. The Morgan fingerprint density at radius 3 is 2.33 bits per heavy atom. The highest BCUT2D eigenvalue weighted by atomic mass is 19.2. The molecule has 21 heavy (non-hydrogen) atoms. The molecule has 4 heteroatoms. The molecule has 0 bridgehead atoms. The number of amides is 1. The van der Waals surface area contributed by atoms with E-state index < -0.39 is 11.6 Å². The minimum Gasteiger partial charge on any atom is -0.322 e. The number of benzene rings is 3. The van der Waals surface area contributed by atoms with Gasteiger partial charge < -0.3 is 5.32 Å². The Bertz CT molecular complexity index is 830. The minimum atomic E-state index is -0.994. The molecule has 0 unspecified atom stereocenters. The van der Waals surface area contributed by atoms with Gasteiger partial charge in [0.25, 0.3) is 5.91 Å². The van der Waals surface area contributed by atoms with Gasteiger partial charge >= 0.3 is 0 Å². The van der Waals surface area contributed by atoms with Crippen LogP contribution in [0.1, 0.15) is 10.4 Å². The van der Waals surface area contributed by atoms with Gasteiger partial charge in [0.05, 0.1) is 0 Å². The maximum atomic E-state index is 13.1. The Balaban J connectivity index is 1.87. The highest BCUT2D eigenvalue weighted by molar-refractivity contribution is 6.06. The molecular weight excluding hydrogens is 272 g/mol. The second-order valence-corrected chi connectivity index (χ2v) is 4.64. The van der Waals surface area contributed by atoms with Crippen molar-refractivity contribution < 1.29 is 13.6 Å². The predicted molar refractivity (Wildman–Crippen MR) is 78.3 cm³/mol. The number of anilines is 1. The summed E-state index contributed by atoms with van der Waals surface area (Å²) in [6.45, 7) is 0. The van der Waals surface area contributed by atoms with Crippen LogP contribution in [-0.2, 0) is 0 Å². The quantitative estimate of drug-likeness (QED) is 0.743. The van der Waals surface area contributed by atoms with E-state index in [9.17, 15) is 13.6 Å². The smallest absolute Gasteiger partial charge is 0.255 e. The molecule has 0 heterocycles. The lowest BCUT2D eigenvalue weighted by Gasteiger charge is -2.07. The SMILES string of the molecule is O=C(Nc1ccc(F)c(F)c1)c1ccc2ccccc2c1. The first-order chi connectivity index (χ1) is 10.1. The normalized spacial score (nSPS) is 10.6. The van der Waals surface area contributed by atoms with Gasteiger partial charge in [0.2, 0.25) is 0 Å². The van der Waals surface area contributed by atoms with Crippen molar-refractivity contribution in [3.8, 4) is 0 Å². The van der Waals surface area contributed by atoms with Crippen LogP contribution in [0, 0.1) is 11.6 Å². The average Bonchev–Trinajstić information content (AvgIpc) is 2.50. The number of halogens is 2. The lowest BCUT2D eigenvalue weighted by molar-refractivity contribution is 0.102. The molecule has 104 valence electrons. The Labute approximate surface area is 120 Å². The molecule has 0 fully saturated rings. The molecule has 1 amide bonds. The van der Waals surface area contributed by atoms with Crippen molar-refractivity contribution in [3.63, 3.8) is 0 Å². The van der Waals surface area contributed by atoms with Gasteiger partial charge in [-0.05, 0) is 35.0 Å². The van der Waals surface area contributed by atoms with E-state index in [0.717, 1.165) is 22.9 Å². The molecule has 0 spiro atoms. The molecule has 3 aromatic rings.